The van der Waals surface area contributed by atoms with Crippen LogP contribution in [0, 0.1) is 0 Å². The molecule has 0 aromatic heterocycles. The van der Waals surface area contributed by atoms with Gasteiger partial charge >= 0.3 is 5.97 Å². The molecule has 2 rings (SSSR count). The van der Waals surface area contributed by atoms with Crippen LogP contribution in [-0.2, 0) is 19.1 Å². The van der Waals surface area contributed by atoms with Gasteiger partial charge in [-0.05, 0) is 24.6 Å². The number of ether oxygens (including phenoxy) is 1. The molecular formula is C21H22N2O5. The summed E-state index contributed by atoms with van der Waals surface area (Å²) < 4.78 is 5.02. The molecular weight excluding hydrogens is 360 g/mol. The molecule has 146 valence electrons. The van der Waals surface area contributed by atoms with Crippen molar-refractivity contribution in [2.75, 3.05) is 11.9 Å². The van der Waals surface area contributed by atoms with Gasteiger partial charge in [-0.3, -0.25) is 19.2 Å². The zero-order chi connectivity index (χ0) is 20.5. The molecule has 1 atom stereocenters. The number of carbonyl (C=O) groups excluding carboxylic acids is 4. The maximum atomic E-state index is 12.1. The number of hydrogen-bond donors (Lipinski definition) is 2. The molecule has 0 saturated heterocycles. The van der Waals surface area contributed by atoms with Crippen molar-refractivity contribution in [3.8, 4) is 0 Å². The average Bonchev–Trinajstić information content (AvgIpc) is 2.66. The molecule has 0 fully saturated rings. The van der Waals surface area contributed by atoms with Gasteiger partial charge in [0.25, 0.3) is 5.91 Å². The highest BCUT2D eigenvalue weighted by Gasteiger charge is 2.19. The van der Waals surface area contributed by atoms with E-state index in [2.05, 4.69) is 10.6 Å². The van der Waals surface area contributed by atoms with Gasteiger partial charge in [-0.15, -0.1) is 0 Å². The van der Waals surface area contributed by atoms with E-state index in [0.29, 0.717) is 11.3 Å². The smallest absolute Gasteiger partial charge is 0.308 e. The van der Waals surface area contributed by atoms with Crippen LogP contribution in [0.1, 0.15) is 42.2 Å². The van der Waals surface area contributed by atoms with Crippen LogP contribution in [0.2, 0.25) is 0 Å². The second kappa shape index (κ2) is 10.0. The minimum Gasteiger partial charge on any atom is -0.455 e. The summed E-state index contributed by atoms with van der Waals surface area (Å²) in [5.74, 6) is -1.65. The highest BCUT2D eigenvalue weighted by atomic mass is 16.5. The Morgan fingerprint density at radius 2 is 1.57 bits per heavy atom. The lowest BCUT2D eigenvalue weighted by atomic mass is 10.0. The summed E-state index contributed by atoms with van der Waals surface area (Å²) in [5, 5.41) is 5.25. The lowest BCUT2D eigenvalue weighted by Crippen LogP contribution is -2.29. The van der Waals surface area contributed by atoms with Gasteiger partial charge in [-0.2, -0.15) is 0 Å². The van der Waals surface area contributed by atoms with E-state index < -0.39 is 24.5 Å². The van der Waals surface area contributed by atoms with Crippen LogP contribution < -0.4 is 10.6 Å². The van der Waals surface area contributed by atoms with Gasteiger partial charge in [-0.1, -0.05) is 42.5 Å². The Kier molecular flexibility index (Phi) is 7.45. The normalized spacial score (nSPS) is 11.2. The molecule has 2 aromatic carbocycles. The monoisotopic (exact) mass is 382 g/mol. The second-order valence-corrected chi connectivity index (χ2v) is 6.18. The Morgan fingerprint density at radius 3 is 2.21 bits per heavy atom. The summed E-state index contributed by atoms with van der Waals surface area (Å²) in [7, 11) is 0. The van der Waals surface area contributed by atoms with Crippen molar-refractivity contribution in [3.63, 3.8) is 0 Å². The first-order valence-electron chi connectivity index (χ1n) is 8.74. The van der Waals surface area contributed by atoms with E-state index >= 15 is 0 Å². The first kappa shape index (κ1) is 20.8. The zero-order valence-corrected chi connectivity index (χ0v) is 15.7. The SMILES string of the molecule is CC(=O)N[C@H](CC(=O)OCC(=O)Nc1ccccc1C(C)=O)c1ccccc1. The van der Waals surface area contributed by atoms with Crippen LogP contribution in [-0.4, -0.2) is 30.2 Å². The van der Waals surface area contributed by atoms with Crippen molar-refractivity contribution in [1.29, 1.82) is 0 Å². The van der Waals surface area contributed by atoms with E-state index in [1.54, 1.807) is 48.5 Å². The third kappa shape index (κ3) is 6.35. The molecule has 0 aliphatic rings. The molecule has 2 N–H and O–H groups in total. The topological polar surface area (TPSA) is 102 Å². The maximum absolute atomic E-state index is 12.1. The van der Waals surface area contributed by atoms with Crippen molar-refractivity contribution in [3.05, 3.63) is 65.7 Å². The van der Waals surface area contributed by atoms with Crippen LogP contribution in [0.25, 0.3) is 0 Å². The summed E-state index contributed by atoms with van der Waals surface area (Å²) in [6.45, 7) is 2.27. The van der Waals surface area contributed by atoms with Gasteiger partial charge < -0.3 is 15.4 Å². The minimum atomic E-state index is -0.627. The van der Waals surface area contributed by atoms with Crippen molar-refractivity contribution < 1.29 is 23.9 Å². The van der Waals surface area contributed by atoms with E-state index in [1.807, 2.05) is 6.07 Å². The molecule has 0 aliphatic carbocycles. The first-order chi connectivity index (χ1) is 13.4. The number of rotatable bonds is 8. The number of Topliss-reactive ketones (excluding diaryl/α,β-unsaturated/α-hetero) is 1. The Labute approximate surface area is 163 Å². The Morgan fingerprint density at radius 1 is 0.929 bits per heavy atom. The average molecular weight is 382 g/mol. The quantitative estimate of drug-likeness (QED) is 0.540. The number of hydrogen-bond acceptors (Lipinski definition) is 5. The Bertz CT molecular complexity index is 864. The fourth-order valence-corrected chi connectivity index (χ4v) is 2.64. The fraction of sp³-hybridized carbons (Fsp3) is 0.238. The summed E-state index contributed by atoms with van der Waals surface area (Å²) in [4.78, 5) is 47.2. The molecule has 2 amide bonds. The van der Waals surface area contributed by atoms with Crippen molar-refractivity contribution in [2.45, 2.75) is 26.3 Å². The van der Waals surface area contributed by atoms with E-state index in [9.17, 15) is 19.2 Å². The first-order valence-corrected chi connectivity index (χ1v) is 8.74. The van der Waals surface area contributed by atoms with Crippen LogP contribution in [0.3, 0.4) is 0 Å². The number of amides is 2. The van der Waals surface area contributed by atoms with Crippen molar-refractivity contribution in [2.24, 2.45) is 0 Å². The molecule has 0 radical (unpaired) electrons. The van der Waals surface area contributed by atoms with Gasteiger partial charge in [0.1, 0.15) is 0 Å². The molecule has 7 nitrogen and oxygen atoms in total. The van der Waals surface area contributed by atoms with Crippen molar-refractivity contribution in [1.82, 2.24) is 5.32 Å². The van der Waals surface area contributed by atoms with E-state index in [-0.39, 0.29) is 18.1 Å². The number of nitrogens with one attached hydrogen (secondary N) is 2. The third-order valence-electron chi connectivity index (χ3n) is 3.89. The predicted molar refractivity (Wildman–Crippen MR) is 104 cm³/mol. The molecule has 0 spiro atoms. The zero-order valence-electron chi connectivity index (χ0n) is 15.7. The van der Waals surface area contributed by atoms with Crippen molar-refractivity contribution >= 4 is 29.3 Å². The molecule has 0 aliphatic heterocycles. The van der Waals surface area contributed by atoms with Crippen LogP contribution >= 0.6 is 0 Å². The fourth-order valence-electron chi connectivity index (χ4n) is 2.64. The Hall–Kier alpha value is -3.48. The van der Waals surface area contributed by atoms with Gasteiger partial charge in [0, 0.05) is 12.5 Å². The van der Waals surface area contributed by atoms with Gasteiger partial charge in [0.15, 0.2) is 12.4 Å². The van der Waals surface area contributed by atoms with Gasteiger partial charge in [0.05, 0.1) is 18.2 Å². The summed E-state index contributed by atoms with van der Waals surface area (Å²) in [5.41, 5.74) is 1.49. The lowest BCUT2D eigenvalue weighted by Gasteiger charge is -2.17. The molecule has 0 unspecified atom stereocenters. The lowest BCUT2D eigenvalue weighted by molar-refractivity contribution is -0.148. The van der Waals surface area contributed by atoms with Crippen LogP contribution in [0.5, 0.6) is 0 Å². The highest BCUT2D eigenvalue weighted by molar-refractivity contribution is 6.04. The Balaban J connectivity index is 1.92. The summed E-state index contributed by atoms with van der Waals surface area (Å²) >= 11 is 0. The molecule has 2 aromatic rings. The number of esters is 1. The number of para-hydroxylation sites is 1. The highest BCUT2D eigenvalue weighted by Crippen LogP contribution is 2.18. The van der Waals surface area contributed by atoms with Gasteiger partial charge in [-0.25, -0.2) is 0 Å². The van der Waals surface area contributed by atoms with Crippen LogP contribution in [0.15, 0.2) is 54.6 Å². The number of anilines is 1. The number of carbonyl (C=O) groups is 4. The number of ketones is 1. The molecule has 0 saturated carbocycles. The number of benzene rings is 2. The van der Waals surface area contributed by atoms with E-state index in [0.717, 1.165) is 5.56 Å². The largest absolute Gasteiger partial charge is 0.455 e. The summed E-state index contributed by atoms with van der Waals surface area (Å²) in [6.07, 6.45) is -0.110. The predicted octanol–water partition coefficient (Wildman–Crippen LogP) is 2.64. The summed E-state index contributed by atoms with van der Waals surface area (Å²) in [6, 6.07) is 15.0. The molecule has 0 heterocycles. The molecule has 0 bridgehead atoms. The maximum Gasteiger partial charge on any atom is 0.308 e. The molecule has 28 heavy (non-hydrogen) atoms. The van der Waals surface area contributed by atoms with E-state index in [1.165, 1.54) is 13.8 Å². The van der Waals surface area contributed by atoms with Crippen LogP contribution in [0.4, 0.5) is 5.69 Å². The minimum absolute atomic E-state index is 0.110. The molecule has 7 heteroatoms. The third-order valence-corrected chi connectivity index (χ3v) is 3.89. The van der Waals surface area contributed by atoms with E-state index in [4.69, 9.17) is 4.74 Å². The van der Waals surface area contributed by atoms with Gasteiger partial charge in [0.2, 0.25) is 5.91 Å². The standard InChI is InChI=1S/C21H22N2O5/c1-14(24)17-10-6-7-11-18(17)23-20(26)13-28-21(27)12-19(22-15(2)25)16-8-4-3-5-9-16/h3-11,19H,12-13H2,1-2H3,(H,22,25)(H,23,26)/t19-/m1/s1. The second-order valence-electron chi connectivity index (χ2n) is 6.18.